The summed E-state index contributed by atoms with van der Waals surface area (Å²) in [5.74, 6) is -1.41. The number of carbonyl (C=O) groups excluding carboxylic acids is 3. The lowest BCUT2D eigenvalue weighted by molar-refractivity contribution is -0.126. The molecule has 0 radical (unpaired) electrons. The number of halogens is 1. The average Bonchev–Trinajstić information content (AvgIpc) is 3.07. The second kappa shape index (κ2) is 8.37. The minimum atomic E-state index is -0.519. The van der Waals surface area contributed by atoms with Crippen LogP contribution in [-0.4, -0.2) is 24.3 Å². The number of hydrogen-bond acceptors (Lipinski definition) is 3. The second-order valence-electron chi connectivity index (χ2n) is 8.15. The first-order valence-corrected chi connectivity index (χ1v) is 10.2. The standard InChI is InChI=1S/C22H24BrN3O3/c1-22(2,3)16-6-4-14(5-7-16)20(28)24-25-21(29)15-12-19(27)26(13-15)18-10-8-17(23)9-11-18/h4-11,15H,12-13H2,1-3H3,(H,24,28)(H,25,29)/t15-/m0/s1. The van der Waals surface area contributed by atoms with Gasteiger partial charge in [0.25, 0.3) is 5.91 Å². The van der Waals surface area contributed by atoms with Crippen LogP contribution in [0.25, 0.3) is 0 Å². The highest BCUT2D eigenvalue weighted by Crippen LogP contribution is 2.26. The van der Waals surface area contributed by atoms with Gasteiger partial charge in [0.15, 0.2) is 0 Å². The zero-order valence-corrected chi connectivity index (χ0v) is 18.2. The molecule has 0 aliphatic carbocycles. The molecule has 6 nitrogen and oxygen atoms in total. The van der Waals surface area contributed by atoms with Gasteiger partial charge in [-0.1, -0.05) is 48.8 Å². The average molecular weight is 458 g/mol. The third-order valence-corrected chi connectivity index (χ3v) is 5.48. The van der Waals surface area contributed by atoms with Crippen LogP contribution in [0.1, 0.15) is 43.1 Å². The van der Waals surface area contributed by atoms with Gasteiger partial charge in [-0.3, -0.25) is 25.2 Å². The summed E-state index contributed by atoms with van der Waals surface area (Å²) >= 11 is 3.36. The Morgan fingerprint density at radius 2 is 1.62 bits per heavy atom. The summed E-state index contributed by atoms with van der Waals surface area (Å²) in [7, 11) is 0. The number of rotatable bonds is 3. The van der Waals surface area contributed by atoms with Crippen molar-refractivity contribution in [1.82, 2.24) is 10.9 Å². The molecular weight excluding hydrogens is 434 g/mol. The van der Waals surface area contributed by atoms with Crippen molar-refractivity contribution < 1.29 is 14.4 Å². The molecule has 2 aromatic rings. The van der Waals surface area contributed by atoms with E-state index in [9.17, 15) is 14.4 Å². The van der Waals surface area contributed by atoms with Gasteiger partial charge in [-0.25, -0.2) is 0 Å². The summed E-state index contributed by atoms with van der Waals surface area (Å²) in [6.45, 7) is 6.58. The quantitative estimate of drug-likeness (QED) is 0.691. The second-order valence-corrected chi connectivity index (χ2v) is 9.07. The van der Waals surface area contributed by atoms with Crippen LogP contribution < -0.4 is 15.8 Å². The molecule has 1 aliphatic rings. The molecule has 0 aromatic heterocycles. The summed E-state index contributed by atoms with van der Waals surface area (Å²) in [4.78, 5) is 38.6. The fourth-order valence-corrected chi connectivity index (χ4v) is 3.43. The topological polar surface area (TPSA) is 78.5 Å². The minimum absolute atomic E-state index is 0.00105. The molecule has 1 atom stereocenters. The van der Waals surface area contributed by atoms with Gasteiger partial charge in [0.05, 0.1) is 5.92 Å². The highest BCUT2D eigenvalue weighted by molar-refractivity contribution is 9.10. The third kappa shape index (κ3) is 5.03. The summed E-state index contributed by atoms with van der Waals surface area (Å²) in [5.41, 5.74) is 7.20. The fourth-order valence-electron chi connectivity index (χ4n) is 3.17. The Labute approximate surface area is 178 Å². The molecule has 1 fully saturated rings. The first-order valence-electron chi connectivity index (χ1n) is 9.42. The van der Waals surface area contributed by atoms with Gasteiger partial charge in [-0.2, -0.15) is 0 Å². The van der Waals surface area contributed by atoms with Gasteiger partial charge >= 0.3 is 0 Å². The number of hydrazine groups is 1. The Morgan fingerprint density at radius 3 is 2.21 bits per heavy atom. The Kier molecular flexibility index (Phi) is 6.07. The van der Waals surface area contributed by atoms with E-state index >= 15 is 0 Å². The van der Waals surface area contributed by atoms with E-state index in [0.29, 0.717) is 5.56 Å². The number of benzene rings is 2. The van der Waals surface area contributed by atoms with Crippen molar-refractivity contribution in [2.24, 2.45) is 5.92 Å². The van der Waals surface area contributed by atoms with Crippen LogP contribution in [0.5, 0.6) is 0 Å². The summed E-state index contributed by atoms with van der Waals surface area (Å²) in [6.07, 6.45) is 0.109. The first kappa shape index (κ1) is 21.0. The molecule has 1 heterocycles. The van der Waals surface area contributed by atoms with Crippen molar-refractivity contribution in [1.29, 1.82) is 0 Å². The first-order chi connectivity index (χ1) is 13.6. The van der Waals surface area contributed by atoms with Crippen LogP contribution in [0.2, 0.25) is 0 Å². The molecular formula is C22H24BrN3O3. The van der Waals surface area contributed by atoms with Crippen LogP contribution >= 0.6 is 15.9 Å². The Bertz CT molecular complexity index is 918. The molecule has 2 N–H and O–H groups in total. The molecule has 7 heteroatoms. The molecule has 0 saturated carbocycles. The van der Waals surface area contributed by atoms with Crippen LogP contribution in [0.3, 0.4) is 0 Å². The van der Waals surface area contributed by atoms with Crippen LogP contribution in [-0.2, 0) is 15.0 Å². The number of amides is 3. The fraction of sp³-hybridized carbons (Fsp3) is 0.318. The van der Waals surface area contributed by atoms with E-state index in [2.05, 4.69) is 47.6 Å². The van der Waals surface area contributed by atoms with Gasteiger partial charge in [0.1, 0.15) is 0 Å². The van der Waals surface area contributed by atoms with E-state index in [4.69, 9.17) is 0 Å². The summed E-state index contributed by atoms with van der Waals surface area (Å²) in [5, 5.41) is 0. The highest BCUT2D eigenvalue weighted by atomic mass is 79.9. The summed E-state index contributed by atoms with van der Waals surface area (Å²) in [6, 6.07) is 14.6. The van der Waals surface area contributed by atoms with Gasteiger partial charge in [-0.15, -0.1) is 0 Å². The predicted octanol–water partition coefficient (Wildman–Crippen LogP) is 3.56. The lowest BCUT2D eigenvalue weighted by Crippen LogP contribution is -2.45. The van der Waals surface area contributed by atoms with Crippen molar-refractivity contribution in [3.8, 4) is 0 Å². The van der Waals surface area contributed by atoms with Gasteiger partial charge in [0, 0.05) is 28.7 Å². The number of nitrogens with one attached hydrogen (secondary N) is 2. The predicted molar refractivity (Wildman–Crippen MR) is 115 cm³/mol. The molecule has 2 aromatic carbocycles. The number of nitrogens with zero attached hydrogens (tertiary/aromatic N) is 1. The van der Waals surface area contributed by atoms with Crippen molar-refractivity contribution in [3.05, 3.63) is 64.1 Å². The molecule has 1 saturated heterocycles. The van der Waals surface area contributed by atoms with Crippen molar-refractivity contribution in [3.63, 3.8) is 0 Å². The van der Waals surface area contributed by atoms with Crippen molar-refractivity contribution in [2.75, 3.05) is 11.4 Å². The smallest absolute Gasteiger partial charge is 0.269 e. The van der Waals surface area contributed by atoms with E-state index in [0.717, 1.165) is 15.7 Å². The molecule has 0 spiro atoms. The Hall–Kier alpha value is -2.67. The molecule has 3 amide bonds. The third-order valence-electron chi connectivity index (χ3n) is 4.95. The lowest BCUT2D eigenvalue weighted by atomic mass is 9.87. The SMILES string of the molecule is CC(C)(C)c1ccc(C(=O)NNC(=O)[C@H]2CC(=O)N(c3ccc(Br)cc3)C2)cc1. The maximum atomic E-state index is 12.4. The molecule has 0 unspecified atom stereocenters. The van der Waals surface area contributed by atoms with E-state index in [1.165, 1.54) is 0 Å². The van der Waals surface area contributed by atoms with Crippen LogP contribution in [0.4, 0.5) is 5.69 Å². The van der Waals surface area contributed by atoms with E-state index in [1.807, 2.05) is 36.4 Å². The lowest BCUT2D eigenvalue weighted by Gasteiger charge is -2.19. The zero-order valence-electron chi connectivity index (χ0n) is 16.7. The maximum absolute atomic E-state index is 12.4. The zero-order chi connectivity index (χ0) is 21.2. The molecule has 3 rings (SSSR count). The summed E-state index contributed by atoms with van der Waals surface area (Å²) < 4.78 is 0.917. The Morgan fingerprint density at radius 1 is 1.00 bits per heavy atom. The normalized spacial score (nSPS) is 16.6. The number of anilines is 1. The molecule has 29 heavy (non-hydrogen) atoms. The van der Waals surface area contributed by atoms with Gasteiger partial charge < -0.3 is 4.90 Å². The van der Waals surface area contributed by atoms with E-state index in [-0.39, 0.29) is 30.2 Å². The van der Waals surface area contributed by atoms with Crippen molar-refractivity contribution >= 4 is 39.3 Å². The van der Waals surface area contributed by atoms with Crippen molar-refractivity contribution in [2.45, 2.75) is 32.6 Å². The van der Waals surface area contributed by atoms with E-state index in [1.54, 1.807) is 17.0 Å². The number of carbonyl (C=O) groups is 3. The largest absolute Gasteiger partial charge is 0.312 e. The molecule has 1 aliphatic heterocycles. The molecule has 152 valence electrons. The highest BCUT2D eigenvalue weighted by Gasteiger charge is 2.35. The number of hydrogen-bond donors (Lipinski definition) is 2. The van der Waals surface area contributed by atoms with Gasteiger partial charge in [0.2, 0.25) is 11.8 Å². The van der Waals surface area contributed by atoms with Crippen LogP contribution in [0.15, 0.2) is 53.0 Å². The van der Waals surface area contributed by atoms with Crippen LogP contribution in [0, 0.1) is 5.92 Å². The Balaban J connectivity index is 1.56. The molecule has 0 bridgehead atoms. The minimum Gasteiger partial charge on any atom is -0.312 e. The van der Waals surface area contributed by atoms with Gasteiger partial charge in [-0.05, 0) is 47.4 Å². The van der Waals surface area contributed by atoms with E-state index < -0.39 is 11.8 Å². The monoisotopic (exact) mass is 457 g/mol. The maximum Gasteiger partial charge on any atom is 0.269 e.